The Morgan fingerprint density at radius 2 is 2.08 bits per heavy atom. The molecule has 0 radical (unpaired) electrons. The first-order chi connectivity index (χ1) is 11.9. The molecule has 2 heterocycles. The van der Waals surface area contributed by atoms with Gasteiger partial charge in [-0.25, -0.2) is 0 Å². The highest BCUT2D eigenvalue weighted by molar-refractivity contribution is 7.10. The average Bonchev–Trinajstić information content (AvgIpc) is 3.09. The number of nitrogens with zero attached hydrogens (tertiary/aromatic N) is 1. The van der Waals surface area contributed by atoms with Crippen LogP contribution in [0.25, 0.3) is 11.1 Å². The molecule has 0 bridgehead atoms. The molecule has 4 nitrogen and oxygen atoms in total. The molecule has 1 aliphatic heterocycles. The average molecular weight is 356 g/mol. The Morgan fingerprint density at radius 1 is 1.28 bits per heavy atom. The van der Waals surface area contributed by atoms with Crippen LogP contribution in [0.3, 0.4) is 0 Å². The Labute approximate surface area is 152 Å². The van der Waals surface area contributed by atoms with Crippen LogP contribution in [0, 0.1) is 5.41 Å². The van der Waals surface area contributed by atoms with Crippen molar-refractivity contribution in [2.45, 2.75) is 38.5 Å². The molecular weight excluding hydrogens is 332 g/mol. The lowest BCUT2D eigenvalue weighted by atomic mass is 9.78. The summed E-state index contributed by atoms with van der Waals surface area (Å²) in [6, 6.07) is 10.3. The van der Waals surface area contributed by atoms with Crippen LogP contribution < -0.4 is 4.74 Å². The van der Waals surface area contributed by atoms with E-state index in [9.17, 15) is 4.79 Å². The summed E-state index contributed by atoms with van der Waals surface area (Å²) in [5, 5.41) is 10.2. The third-order valence-corrected chi connectivity index (χ3v) is 5.95. The molecule has 1 saturated heterocycles. The second-order valence-electron chi connectivity index (χ2n) is 6.89. The minimum Gasteiger partial charge on any atom is -0.494 e. The first-order valence-electron chi connectivity index (χ1n) is 8.59. The zero-order valence-corrected chi connectivity index (χ0v) is 15.8. The first kappa shape index (κ1) is 17.7. The second-order valence-corrected chi connectivity index (χ2v) is 7.80. The van der Waals surface area contributed by atoms with Gasteiger partial charge in [0.05, 0.1) is 6.61 Å². The number of rotatable bonds is 5. The molecule has 0 aliphatic carbocycles. The lowest BCUT2D eigenvalue weighted by Gasteiger charge is -2.36. The number of likely N-dealkylation sites (tertiary alicyclic amines) is 1. The predicted octanol–water partition coefficient (Wildman–Crippen LogP) is 4.69. The smallest absolute Gasteiger partial charge is 0.228 e. The number of piperidine rings is 1. The molecule has 2 aromatic rings. The highest BCUT2D eigenvalue weighted by Crippen LogP contribution is 2.41. The molecule has 1 aromatic heterocycles. The second kappa shape index (κ2) is 7.00. The molecule has 1 aromatic carbocycles. The van der Waals surface area contributed by atoms with Crippen LogP contribution in [0.2, 0.25) is 0 Å². The maximum atomic E-state index is 12.2. The van der Waals surface area contributed by atoms with Crippen LogP contribution >= 0.6 is 11.3 Å². The third kappa shape index (κ3) is 3.61. The fourth-order valence-corrected chi connectivity index (χ4v) is 4.20. The summed E-state index contributed by atoms with van der Waals surface area (Å²) in [6.07, 6.45) is 2.03. The normalized spacial score (nSPS) is 20.8. The van der Waals surface area contributed by atoms with Crippen LogP contribution in [-0.4, -0.2) is 30.3 Å². The maximum Gasteiger partial charge on any atom is 0.228 e. The van der Waals surface area contributed by atoms with E-state index in [1.807, 2.05) is 12.1 Å². The number of thiophene rings is 1. The van der Waals surface area contributed by atoms with E-state index in [0.29, 0.717) is 25.3 Å². The van der Waals surface area contributed by atoms with E-state index in [1.165, 1.54) is 4.90 Å². The van der Waals surface area contributed by atoms with Crippen LogP contribution in [0.1, 0.15) is 38.0 Å². The topological polar surface area (TPSA) is 53.4 Å². The molecule has 5 heteroatoms. The number of ether oxygens (including phenoxy) is 1. The largest absolute Gasteiger partial charge is 0.494 e. The third-order valence-electron chi connectivity index (χ3n) is 4.71. The van der Waals surface area contributed by atoms with Gasteiger partial charge >= 0.3 is 0 Å². The number of hydrogen-bond acceptors (Lipinski definition) is 4. The number of hydrogen-bond donors (Lipinski definition) is 1. The van der Waals surface area contributed by atoms with Crippen molar-refractivity contribution in [3.63, 3.8) is 0 Å². The van der Waals surface area contributed by atoms with Crippen molar-refractivity contribution >= 4 is 23.1 Å². The molecule has 1 N–H and O–H groups in total. The van der Waals surface area contributed by atoms with E-state index < -0.39 is 0 Å². The number of amidine groups is 1. The molecule has 25 heavy (non-hydrogen) atoms. The van der Waals surface area contributed by atoms with Gasteiger partial charge < -0.3 is 9.64 Å². The van der Waals surface area contributed by atoms with Crippen LogP contribution in [0.15, 0.2) is 35.7 Å². The van der Waals surface area contributed by atoms with Gasteiger partial charge in [-0.15, -0.1) is 11.3 Å². The van der Waals surface area contributed by atoms with Crippen LogP contribution in [0.4, 0.5) is 0 Å². The van der Waals surface area contributed by atoms with Crippen LogP contribution in [-0.2, 0) is 10.2 Å². The van der Waals surface area contributed by atoms with E-state index in [2.05, 4.69) is 37.4 Å². The molecule has 3 rings (SSSR count). The molecule has 1 fully saturated rings. The molecule has 0 spiro atoms. The van der Waals surface area contributed by atoms with Crippen molar-refractivity contribution < 1.29 is 9.53 Å². The lowest BCUT2D eigenvalue weighted by Crippen LogP contribution is -2.46. The lowest BCUT2D eigenvalue weighted by molar-refractivity contribution is -0.128. The Bertz CT molecular complexity index is 778. The minimum atomic E-state index is -0.292. The van der Waals surface area contributed by atoms with Crippen molar-refractivity contribution in [3.05, 3.63) is 40.6 Å². The SMILES string of the molecule is CCCOc1cccc(-c2csc([C@@]3(C)CC(=N)N(C)C(=O)C3)c2)c1. The zero-order chi connectivity index (χ0) is 18.0. The number of nitrogens with one attached hydrogen (secondary N) is 1. The Kier molecular flexibility index (Phi) is 4.95. The number of amides is 1. The fraction of sp³-hybridized carbons (Fsp3) is 0.400. The van der Waals surface area contributed by atoms with E-state index in [0.717, 1.165) is 28.2 Å². The molecule has 1 atom stereocenters. The Hall–Kier alpha value is -2.14. The maximum absolute atomic E-state index is 12.2. The van der Waals surface area contributed by atoms with Gasteiger partial charge in [-0.05, 0) is 41.1 Å². The van der Waals surface area contributed by atoms with Gasteiger partial charge in [0.1, 0.15) is 11.6 Å². The van der Waals surface area contributed by atoms with Crippen molar-refractivity contribution in [1.82, 2.24) is 4.90 Å². The van der Waals surface area contributed by atoms with Gasteiger partial charge in [0, 0.05) is 30.2 Å². The first-order valence-corrected chi connectivity index (χ1v) is 9.47. The Morgan fingerprint density at radius 3 is 2.80 bits per heavy atom. The van der Waals surface area contributed by atoms with Gasteiger partial charge in [-0.1, -0.05) is 26.0 Å². The number of carbonyl (C=O) groups excluding carboxylic acids is 1. The number of benzene rings is 1. The minimum absolute atomic E-state index is 0.0173. The van der Waals surface area contributed by atoms with Gasteiger partial charge in [0.15, 0.2) is 0 Å². The predicted molar refractivity (Wildman–Crippen MR) is 103 cm³/mol. The van der Waals surface area contributed by atoms with Gasteiger partial charge in [-0.3, -0.25) is 10.2 Å². The standard InChI is InChI=1S/C20H24N2O2S/c1-4-8-24-16-7-5-6-14(9-16)15-10-17(25-13-15)20(2)11-18(21)22(3)19(23)12-20/h5-7,9-10,13,21H,4,8,11-12H2,1-3H3/t20-/m0/s1. The summed E-state index contributed by atoms with van der Waals surface area (Å²) in [7, 11) is 1.69. The number of carbonyl (C=O) groups is 1. The highest BCUT2D eigenvalue weighted by atomic mass is 32.1. The molecule has 0 saturated carbocycles. The van der Waals surface area contributed by atoms with Gasteiger partial charge in [-0.2, -0.15) is 0 Å². The molecule has 1 aliphatic rings. The van der Waals surface area contributed by atoms with Crippen molar-refractivity contribution in [1.29, 1.82) is 5.41 Å². The van der Waals surface area contributed by atoms with E-state index in [4.69, 9.17) is 10.1 Å². The summed E-state index contributed by atoms with van der Waals surface area (Å²) in [5.74, 6) is 1.29. The summed E-state index contributed by atoms with van der Waals surface area (Å²) in [6.45, 7) is 4.90. The van der Waals surface area contributed by atoms with Gasteiger partial charge in [0.25, 0.3) is 0 Å². The molecule has 1 amide bonds. The van der Waals surface area contributed by atoms with E-state index in [1.54, 1.807) is 18.4 Å². The quantitative estimate of drug-likeness (QED) is 0.845. The van der Waals surface area contributed by atoms with Crippen molar-refractivity contribution in [2.24, 2.45) is 0 Å². The fourth-order valence-electron chi connectivity index (χ4n) is 3.12. The van der Waals surface area contributed by atoms with E-state index in [-0.39, 0.29) is 11.3 Å². The zero-order valence-electron chi connectivity index (χ0n) is 15.0. The van der Waals surface area contributed by atoms with Crippen molar-refractivity contribution in [3.8, 4) is 16.9 Å². The molecule has 0 unspecified atom stereocenters. The Balaban J connectivity index is 1.85. The van der Waals surface area contributed by atoms with E-state index >= 15 is 0 Å². The van der Waals surface area contributed by atoms with Gasteiger partial charge in [0.2, 0.25) is 5.91 Å². The summed E-state index contributed by atoms with van der Waals surface area (Å²) < 4.78 is 5.73. The summed E-state index contributed by atoms with van der Waals surface area (Å²) in [5.41, 5.74) is 1.97. The van der Waals surface area contributed by atoms with Crippen molar-refractivity contribution in [2.75, 3.05) is 13.7 Å². The van der Waals surface area contributed by atoms with Crippen LogP contribution in [0.5, 0.6) is 5.75 Å². The molecular formula is C20H24N2O2S. The highest BCUT2D eigenvalue weighted by Gasteiger charge is 2.39. The monoisotopic (exact) mass is 356 g/mol. The summed E-state index contributed by atoms with van der Waals surface area (Å²) in [4.78, 5) is 14.8. The molecule has 132 valence electrons. The summed E-state index contributed by atoms with van der Waals surface area (Å²) >= 11 is 1.67.